The molecule has 3 aromatic rings. The molecule has 0 bridgehead atoms. The lowest BCUT2D eigenvalue weighted by Gasteiger charge is -2.19. The number of amides is 1. The summed E-state index contributed by atoms with van der Waals surface area (Å²) in [7, 11) is -1.91. The van der Waals surface area contributed by atoms with Crippen LogP contribution in [0.1, 0.15) is 41.6 Å². The largest absolute Gasteiger partial charge is 0.383 e. The van der Waals surface area contributed by atoms with Crippen LogP contribution in [-0.4, -0.2) is 50.0 Å². The van der Waals surface area contributed by atoms with E-state index in [0.717, 1.165) is 41.5 Å². The summed E-state index contributed by atoms with van der Waals surface area (Å²) in [5.41, 5.74) is 2.51. The normalized spacial score (nSPS) is 16.2. The van der Waals surface area contributed by atoms with Crippen LogP contribution in [0.25, 0.3) is 10.2 Å². The second-order valence-electron chi connectivity index (χ2n) is 8.21. The van der Waals surface area contributed by atoms with Crippen LogP contribution < -0.4 is 4.80 Å². The Morgan fingerprint density at radius 2 is 1.76 bits per heavy atom. The Morgan fingerprint density at radius 1 is 1.06 bits per heavy atom. The smallest absolute Gasteiger partial charge is 0.279 e. The molecule has 0 aliphatic carbocycles. The predicted molar refractivity (Wildman–Crippen MR) is 130 cm³/mol. The van der Waals surface area contributed by atoms with Gasteiger partial charge in [-0.15, -0.1) is 0 Å². The number of fused-ring (bicyclic) bond motifs is 1. The van der Waals surface area contributed by atoms with Crippen molar-refractivity contribution in [3.05, 3.63) is 58.4 Å². The van der Waals surface area contributed by atoms with Crippen LogP contribution in [0.15, 0.2) is 52.4 Å². The summed E-state index contributed by atoms with van der Waals surface area (Å²) in [6, 6.07) is 12.2. The molecular weight excluding hydrogens is 458 g/mol. The number of sulfonamides is 1. The molecular formula is C24H29N3O4S2. The molecule has 0 radical (unpaired) electrons. The number of benzene rings is 2. The lowest BCUT2D eigenvalue weighted by molar-refractivity contribution is 0.0997. The third kappa shape index (κ3) is 5.11. The second kappa shape index (κ2) is 10.3. The maximum absolute atomic E-state index is 13.0. The standard InChI is InChI=1S/C24H29N3O4S2/c1-18-8-7-9-21-22(18)27(16-17-31-2)24(32-21)25-23(28)19-10-12-20(13-11-19)33(29,30)26-14-5-3-4-6-15-26/h7-13H,3-6,14-17H2,1-2H3. The lowest BCUT2D eigenvalue weighted by atomic mass is 10.2. The van der Waals surface area contributed by atoms with E-state index in [0.29, 0.717) is 36.6 Å². The van der Waals surface area contributed by atoms with E-state index >= 15 is 0 Å². The van der Waals surface area contributed by atoms with Gasteiger partial charge >= 0.3 is 0 Å². The zero-order valence-corrected chi connectivity index (χ0v) is 20.6. The maximum Gasteiger partial charge on any atom is 0.279 e. The van der Waals surface area contributed by atoms with Crippen molar-refractivity contribution >= 4 is 37.5 Å². The Bertz CT molecular complexity index is 1300. The number of ether oxygens (including phenoxy) is 1. The number of rotatable bonds is 6. The van der Waals surface area contributed by atoms with Gasteiger partial charge in [0, 0.05) is 32.3 Å². The summed E-state index contributed by atoms with van der Waals surface area (Å²) in [5, 5.41) is 0. The van der Waals surface area contributed by atoms with Crippen molar-refractivity contribution in [1.82, 2.24) is 8.87 Å². The molecule has 2 heterocycles. The molecule has 1 aliphatic heterocycles. The monoisotopic (exact) mass is 487 g/mol. The van der Waals surface area contributed by atoms with Crippen LogP contribution in [0.5, 0.6) is 0 Å². The first-order valence-corrected chi connectivity index (χ1v) is 13.4. The number of para-hydroxylation sites is 1. The first kappa shape index (κ1) is 23.8. The molecule has 0 N–H and O–H groups in total. The van der Waals surface area contributed by atoms with Crippen LogP contribution in [0.4, 0.5) is 0 Å². The average Bonchev–Trinajstić information content (AvgIpc) is 2.97. The summed E-state index contributed by atoms with van der Waals surface area (Å²) in [6.45, 7) is 4.22. The zero-order valence-electron chi connectivity index (χ0n) is 19.0. The van der Waals surface area contributed by atoms with E-state index in [1.165, 1.54) is 23.5 Å². The number of aromatic nitrogens is 1. The number of methoxy groups -OCH3 is 1. The molecule has 0 saturated carbocycles. The van der Waals surface area contributed by atoms with Gasteiger partial charge in [-0.1, -0.05) is 36.3 Å². The van der Waals surface area contributed by atoms with Gasteiger partial charge in [-0.25, -0.2) is 8.42 Å². The lowest BCUT2D eigenvalue weighted by Crippen LogP contribution is -2.31. The number of hydrogen-bond donors (Lipinski definition) is 0. The SMILES string of the molecule is COCCn1c(=NC(=O)c2ccc(S(=O)(=O)N3CCCCCC3)cc2)sc2cccc(C)c21. The van der Waals surface area contributed by atoms with Gasteiger partial charge in [-0.05, 0) is 55.7 Å². The molecule has 2 aromatic carbocycles. The third-order valence-electron chi connectivity index (χ3n) is 5.92. The first-order valence-electron chi connectivity index (χ1n) is 11.2. The van der Waals surface area contributed by atoms with E-state index < -0.39 is 15.9 Å². The van der Waals surface area contributed by atoms with Crippen molar-refractivity contribution in [3.63, 3.8) is 0 Å². The first-order chi connectivity index (χ1) is 15.9. The molecule has 0 atom stereocenters. The van der Waals surface area contributed by atoms with Gasteiger partial charge in [-0.2, -0.15) is 9.30 Å². The van der Waals surface area contributed by atoms with Gasteiger partial charge in [0.1, 0.15) is 0 Å². The molecule has 9 heteroatoms. The molecule has 33 heavy (non-hydrogen) atoms. The van der Waals surface area contributed by atoms with E-state index in [-0.39, 0.29) is 4.90 Å². The molecule has 0 unspecified atom stereocenters. The summed E-state index contributed by atoms with van der Waals surface area (Å²) in [5.74, 6) is -0.399. The fourth-order valence-corrected chi connectivity index (χ4v) is 6.78. The minimum atomic E-state index is -3.55. The predicted octanol–water partition coefficient (Wildman–Crippen LogP) is 3.96. The van der Waals surface area contributed by atoms with Crippen LogP contribution >= 0.6 is 11.3 Å². The molecule has 0 spiro atoms. The van der Waals surface area contributed by atoms with E-state index in [1.54, 1.807) is 23.5 Å². The summed E-state index contributed by atoms with van der Waals surface area (Å²) in [6.07, 6.45) is 3.88. The third-order valence-corrected chi connectivity index (χ3v) is 8.88. The summed E-state index contributed by atoms with van der Waals surface area (Å²) in [4.78, 5) is 18.1. The van der Waals surface area contributed by atoms with Crippen LogP contribution in [0.3, 0.4) is 0 Å². The van der Waals surface area contributed by atoms with Crippen LogP contribution in [-0.2, 0) is 21.3 Å². The highest BCUT2D eigenvalue weighted by Gasteiger charge is 2.25. The fraction of sp³-hybridized carbons (Fsp3) is 0.417. The number of nitrogens with zero attached hydrogens (tertiary/aromatic N) is 3. The zero-order chi connectivity index (χ0) is 23.4. The van der Waals surface area contributed by atoms with E-state index in [9.17, 15) is 13.2 Å². The Kier molecular flexibility index (Phi) is 7.43. The van der Waals surface area contributed by atoms with Gasteiger partial charge in [0.2, 0.25) is 10.0 Å². The Hall–Kier alpha value is -2.33. The molecule has 4 rings (SSSR count). The Morgan fingerprint density at radius 3 is 2.42 bits per heavy atom. The van der Waals surface area contributed by atoms with E-state index in [2.05, 4.69) is 4.99 Å². The van der Waals surface area contributed by atoms with E-state index in [1.807, 2.05) is 29.7 Å². The Balaban J connectivity index is 1.64. The van der Waals surface area contributed by atoms with Crippen molar-refractivity contribution in [1.29, 1.82) is 0 Å². The molecule has 176 valence electrons. The number of carbonyl (C=O) groups excluding carboxylic acids is 1. The van der Waals surface area contributed by atoms with Crippen molar-refractivity contribution in [2.75, 3.05) is 26.8 Å². The van der Waals surface area contributed by atoms with Crippen molar-refractivity contribution in [2.24, 2.45) is 4.99 Å². The van der Waals surface area contributed by atoms with Gasteiger partial charge in [0.25, 0.3) is 5.91 Å². The molecule has 1 aromatic heterocycles. The van der Waals surface area contributed by atoms with Crippen LogP contribution in [0, 0.1) is 6.92 Å². The van der Waals surface area contributed by atoms with Crippen molar-refractivity contribution in [3.8, 4) is 0 Å². The minimum absolute atomic E-state index is 0.216. The van der Waals surface area contributed by atoms with Gasteiger partial charge in [0.15, 0.2) is 4.80 Å². The number of hydrogen-bond acceptors (Lipinski definition) is 5. The topological polar surface area (TPSA) is 81.0 Å². The average molecular weight is 488 g/mol. The number of thiazole rings is 1. The van der Waals surface area contributed by atoms with Crippen molar-refractivity contribution < 1.29 is 17.9 Å². The number of carbonyl (C=O) groups is 1. The molecule has 1 fully saturated rings. The molecule has 1 saturated heterocycles. The second-order valence-corrected chi connectivity index (χ2v) is 11.2. The minimum Gasteiger partial charge on any atom is -0.383 e. The summed E-state index contributed by atoms with van der Waals surface area (Å²) < 4.78 is 35.8. The van der Waals surface area contributed by atoms with E-state index in [4.69, 9.17) is 4.74 Å². The number of aryl methyl sites for hydroxylation is 1. The van der Waals surface area contributed by atoms with Gasteiger partial charge in [0.05, 0.1) is 21.7 Å². The Labute approximate surface area is 198 Å². The molecule has 1 aliphatic rings. The maximum atomic E-state index is 13.0. The fourth-order valence-electron chi connectivity index (χ4n) is 4.13. The van der Waals surface area contributed by atoms with Gasteiger partial charge < -0.3 is 9.30 Å². The molecule has 7 nitrogen and oxygen atoms in total. The molecule has 1 amide bonds. The highest BCUT2D eigenvalue weighted by atomic mass is 32.2. The van der Waals surface area contributed by atoms with Crippen molar-refractivity contribution in [2.45, 2.75) is 44.0 Å². The quantitative estimate of drug-likeness (QED) is 0.527. The highest BCUT2D eigenvalue weighted by molar-refractivity contribution is 7.89. The highest BCUT2D eigenvalue weighted by Crippen LogP contribution is 2.22. The van der Waals surface area contributed by atoms with Crippen LogP contribution in [0.2, 0.25) is 0 Å². The van der Waals surface area contributed by atoms with Gasteiger partial charge in [-0.3, -0.25) is 4.79 Å². The summed E-state index contributed by atoms with van der Waals surface area (Å²) >= 11 is 1.46.